The van der Waals surface area contributed by atoms with E-state index in [-0.39, 0.29) is 11.8 Å². The molecule has 2 aliphatic heterocycles. The van der Waals surface area contributed by atoms with Crippen molar-refractivity contribution >= 4 is 29.6 Å². The van der Waals surface area contributed by atoms with E-state index in [1.807, 2.05) is 18.2 Å². The molecule has 0 aromatic carbocycles. The SMILES string of the molecule is CC[C@H]1CN(C(=O)NCC(C)(F)F)C[C@H]1C1=CB(O)Cc2cnc3[nH]ccc3c21. The Morgan fingerprint density at radius 3 is 3.00 bits per heavy atom. The van der Waals surface area contributed by atoms with E-state index in [4.69, 9.17) is 0 Å². The normalized spacial score (nSPS) is 22.0. The maximum absolute atomic E-state index is 13.1. The van der Waals surface area contributed by atoms with Gasteiger partial charge in [-0.1, -0.05) is 19.3 Å². The summed E-state index contributed by atoms with van der Waals surface area (Å²) < 4.78 is 26.3. The van der Waals surface area contributed by atoms with Crippen LogP contribution < -0.4 is 5.32 Å². The van der Waals surface area contributed by atoms with Crippen LogP contribution in [0, 0.1) is 11.8 Å². The number of rotatable bonds is 4. The molecule has 2 aromatic heterocycles. The second kappa shape index (κ2) is 7.44. The molecule has 2 aromatic rings. The number of aromatic amines is 1. The van der Waals surface area contributed by atoms with Crippen molar-refractivity contribution in [3.63, 3.8) is 0 Å². The number of carbonyl (C=O) groups excluding carboxylic acids is 1. The number of likely N-dealkylation sites (tertiary alicyclic amines) is 1. The van der Waals surface area contributed by atoms with Crippen LogP contribution in [0.15, 0.2) is 24.4 Å². The molecule has 154 valence electrons. The highest BCUT2D eigenvalue weighted by Gasteiger charge is 2.39. The zero-order valence-electron chi connectivity index (χ0n) is 16.6. The molecule has 0 bridgehead atoms. The Balaban J connectivity index is 1.64. The van der Waals surface area contributed by atoms with Crippen LogP contribution in [-0.4, -0.2) is 58.4 Å². The minimum Gasteiger partial charge on any atom is -0.446 e. The first-order valence-electron chi connectivity index (χ1n) is 10.0. The van der Waals surface area contributed by atoms with E-state index in [0.717, 1.165) is 41.1 Å². The van der Waals surface area contributed by atoms with Crippen molar-refractivity contribution in [2.75, 3.05) is 19.6 Å². The zero-order chi connectivity index (χ0) is 20.8. The molecule has 4 heterocycles. The number of carbonyl (C=O) groups is 1. The summed E-state index contributed by atoms with van der Waals surface area (Å²) in [6, 6.07) is 1.52. The van der Waals surface area contributed by atoms with E-state index in [1.165, 1.54) is 0 Å². The van der Waals surface area contributed by atoms with E-state index >= 15 is 0 Å². The number of amides is 2. The molecule has 0 spiro atoms. The molecule has 29 heavy (non-hydrogen) atoms. The van der Waals surface area contributed by atoms with Gasteiger partial charge in [0.15, 0.2) is 0 Å². The van der Waals surface area contributed by atoms with Crippen LogP contribution in [0.2, 0.25) is 0 Å². The molecule has 0 saturated carbocycles. The monoisotopic (exact) mass is 402 g/mol. The molecule has 2 atom stereocenters. The lowest BCUT2D eigenvalue weighted by molar-refractivity contribution is 0.0241. The number of halogens is 2. The fourth-order valence-corrected chi connectivity index (χ4v) is 4.57. The summed E-state index contributed by atoms with van der Waals surface area (Å²) in [7, 11) is 0. The van der Waals surface area contributed by atoms with Crippen molar-refractivity contribution in [2.24, 2.45) is 11.8 Å². The number of hydrogen-bond acceptors (Lipinski definition) is 3. The number of pyridine rings is 1. The molecule has 6 nitrogen and oxygen atoms in total. The van der Waals surface area contributed by atoms with Gasteiger partial charge in [-0.25, -0.2) is 18.6 Å². The number of fused-ring (bicyclic) bond motifs is 3. The predicted octanol–water partition coefficient (Wildman–Crippen LogP) is 2.89. The second-order valence-corrected chi connectivity index (χ2v) is 8.20. The van der Waals surface area contributed by atoms with Crippen molar-refractivity contribution < 1.29 is 18.6 Å². The maximum Gasteiger partial charge on any atom is 0.321 e. The van der Waals surface area contributed by atoms with Crippen LogP contribution >= 0.6 is 0 Å². The Labute approximate surface area is 168 Å². The molecule has 1 fully saturated rings. The van der Waals surface area contributed by atoms with Crippen molar-refractivity contribution in [2.45, 2.75) is 32.5 Å². The van der Waals surface area contributed by atoms with Crippen LogP contribution in [0.5, 0.6) is 0 Å². The summed E-state index contributed by atoms with van der Waals surface area (Å²) in [6.45, 7) is 2.52. The van der Waals surface area contributed by atoms with Gasteiger partial charge < -0.3 is 20.2 Å². The van der Waals surface area contributed by atoms with Gasteiger partial charge in [-0.15, -0.1) is 0 Å². The predicted molar refractivity (Wildman–Crippen MR) is 109 cm³/mol. The minimum absolute atomic E-state index is 0.0297. The first kappa shape index (κ1) is 19.9. The number of urea groups is 1. The average molecular weight is 402 g/mol. The molecular formula is C20H25BF2N4O2. The maximum atomic E-state index is 13.1. The molecule has 0 unspecified atom stereocenters. The van der Waals surface area contributed by atoms with Gasteiger partial charge in [-0.2, -0.15) is 0 Å². The smallest absolute Gasteiger partial charge is 0.321 e. The first-order chi connectivity index (χ1) is 13.8. The Hall–Kier alpha value is -2.42. The molecular weight excluding hydrogens is 377 g/mol. The molecule has 2 amide bonds. The highest BCUT2D eigenvalue weighted by atomic mass is 19.3. The first-order valence-corrected chi connectivity index (χ1v) is 10.0. The van der Waals surface area contributed by atoms with Gasteiger partial charge >= 0.3 is 12.9 Å². The summed E-state index contributed by atoms with van der Waals surface area (Å²) in [6.07, 6.45) is 5.00. The largest absolute Gasteiger partial charge is 0.446 e. The highest BCUT2D eigenvalue weighted by molar-refractivity contribution is 6.58. The molecule has 4 rings (SSSR count). The van der Waals surface area contributed by atoms with Crippen molar-refractivity contribution in [1.29, 1.82) is 0 Å². The third kappa shape index (κ3) is 3.88. The van der Waals surface area contributed by atoms with Gasteiger partial charge in [-0.3, -0.25) is 0 Å². The van der Waals surface area contributed by atoms with Crippen LogP contribution in [0.4, 0.5) is 13.6 Å². The standard InChI is InChI=1S/C20H25BF2N4O2/c1-3-12-9-27(19(28)26-11-20(2,22)23)10-16(12)15-7-21(29)6-13-8-25-18-14(17(13)15)4-5-24-18/h4-5,7-8,12,16,29H,3,6,9-11H2,1-2H3,(H,24,25)(H,26,28)/t12-,16+/m0/s1. The van der Waals surface area contributed by atoms with E-state index in [2.05, 4.69) is 22.2 Å². The summed E-state index contributed by atoms with van der Waals surface area (Å²) in [5.74, 6) is -0.832. The number of nitrogens with one attached hydrogen (secondary N) is 2. The average Bonchev–Trinajstić information content (AvgIpc) is 3.31. The van der Waals surface area contributed by atoms with E-state index in [9.17, 15) is 18.6 Å². The van der Waals surface area contributed by atoms with Gasteiger partial charge in [0.05, 0.1) is 6.54 Å². The number of nitrogens with zero attached hydrogens (tertiary/aromatic N) is 2. The number of alkyl halides is 2. The molecule has 3 N–H and O–H groups in total. The topological polar surface area (TPSA) is 81.2 Å². The third-order valence-corrected chi connectivity index (χ3v) is 5.96. The Morgan fingerprint density at radius 1 is 1.48 bits per heavy atom. The van der Waals surface area contributed by atoms with Crippen LogP contribution in [-0.2, 0) is 6.32 Å². The molecule has 1 saturated heterocycles. The van der Waals surface area contributed by atoms with Crippen molar-refractivity contribution in [3.05, 3.63) is 35.6 Å². The van der Waals surface area contributed by atoms with E-state index < -0.39 is 25.4 Å². The van der Waals surface area contributed by atoms with Gasteiger partial charge in [0.25, 0.3) is 5.92 Å². The van der Waals surface area contributed by atoms with Crippen LogP contribution in [0.25, 0.3) is 16.6 Å². The van der Waals surface area contributed by atoms with Gasteiger partial charge in [0.2, 0.25) is 0 Å². The van der Waals surface area contributed by atoms with Crippen molar-refractivity contribution in [1.82, 2.24) is 20.2 Å². The Morgan fingerprint density at radius 2 is 2.28 bits per heavy atom. The van der Waals surface area contributed by atoms with Crippen LogP contribution in [0.3, 0.4) is 0 Å². The number of H-pyrrole nitrogens is 1. The Kier molecular flexibility index (Phi) is 5.10. The zero-order valence-corrected chi connectivity index (χ0v) is 16.6. The van der Waals surface area contributed by atoms with Gasteiger partial charge in [-0.05, 0) is 35.0 Å². The van der Waals surface area contributed by atoms with E-state index in [1.54, 1.807) is 11.1 Å². The fourth-order valence-electron chi connectivity index (χ4n) is 4.57. The van der Waals surface area contributed by atoms with Gasteiger partial charge in [0.1, 0.15) is 5.65 Å². The Bertz CT molecular complexity index is 956. The van der Waals surface area contributed by atoms with Gasteiger partial charge in [0, 0.05) is 43.7 Å². The summed E-state index contributed by atoms with van der Waals surface area (Å²) in [4.78, 5) is 21.6. The molecule has 0 aliphatic carbocycles. The molecule has 2 aliphatic rings. The molecule has 9 heteroatoms. The number of aromatic nitrogens is 2. The highest BCUT2D eigenvalue weighted by Crippen LogP contribution is 2.42. The second-order valence-electron chi connectivity index (χ2n) is 8.20. The lowest BCUT2D eigenvalue weighted by Gasteiger charge is -2.27. The van der Waals surface area contributed by atoms with Crippen molar-refractivity contribution in [3.8, 4) is 0 Å². The van der Waals surface area contributed by atoms with Crippen LogP contribution in [0.1, 0.15) is 31.4 Å². The fraction of sp³-hybridized carbons (Fsp3) is 0.500. The molecule has 0 radical (unpaired) electrons. The van der Waals surface area contributed by atoms with E-state index in [0.29, 0.717) is 19.4 Å². The summed E-state index contributed by atoms with van der Waals surface area (Å²) in [5.41, 5.74) is 3.88. The quantitative estimate of drug-likeness (QED) is 0.688. The lowest BCUT2D eigenvalue weighted by atomic mass is 9.56. The summed E-state index contributed by atoms with van der Waals surface area (Å²) in [5, 5.41) is 13.8. The lowest BCUT2D eigenvalue weighted by Crippen LogP contribution is -2.43. The third-order valence-electron chi connectivity index (χ3n) is 5.96. The minimum atomic E-state index is -2.94. The summed E-state index contributed by atoms with van der Waals surface area (Å²) >= 11 is 0. The number of hydrogen-bond donors (Lipinski definition) is 3.